The topological polar surface area (TPSA) is 52.6 Å². The van der Waals surface area contributed by atoms with Gasteiger partial charge in [-0.3, -0.25) is 4.79 Å². The number of aliphatic hydroxyl groups excluding tert-OH is 1. The Morgan fingerprint density at radius 2 is 2.12 bits per heavy atom. The van der Waals surface area contributed by atoms with Crippen LogP contribution in [0.1, 0.15) is 38.5 Å². The molecule has 1 saturated heterocycles. The first-order chi connectivity index (χ1) is 8.29. The van der Waals surface area contributed by atoms with Gasteiger partial charge in [0, 0.05) is 25.6 Å². The third-order valence-corrected chi connectivity index (χ3v) is 4.01. The van der Waals surface area contributed by atoms with Gasteiger partial charge in [-0.15, -0.1) is 0 Å². The molecule has 0 aromatic heterocycles. The molecule has 1 unspecified atom stereocenters. The zero-order valence-corrected chi connectivity index (χ0v) is 10.5. The first-order valence-corrected chi connectivity index (χ1v) is 6.91. The van der Waals surface area contributed by atoms with Crippen molar-refractivity contribution in [3.8, 4) is 0 Å². The number of hydrogen-bond acceptors (Lipinski definition) is 3. The number of rotatable bonds is 6. The predicted molar refractivity (Wildman–Crippen MR) is 66.6 cm³/mol. The van der Waals surface area contributed by atoms with E-state index in [1.54, 1.807) is 0 Å². The summed E-state index contributed by atoms with van der Waals surface area (Å²) in [5.74, 6) is 0.845. The summed E-state index contributed by atoms with van der Waals surface area (Å²) in [6.07, 6.45) is 6.74. The number of hydrogen-bond donors (Lipinski definition) is 2. The molecule has 4 heteroatoms. The average molecular weight is 240 g/mol. The van der Waals surface area contributed by atoms with Gasteiger partial charge in [0.05, 0.1) is 6.61 Å². The molecule has 2 fully saturated rings. The van der Waals surface area contributed by atoms with E-state index >= 15 is 0 Å². The zero-order chi connectivity index (χ0) is 12.1. The fourth-order valence-corrected chi connectivity index (χ4v) is 2.69. The second-order valence-corrected chi connectivity index (χ2v) is 5.36. The van der Waals surface area contributed by atoms with Gasteiger partial charge in [0.15, 0.2) is 0 Å². The van der Waals surface area contributed by atoms with Crippen molar-refractivity contribution in [3.63, 3.8) is 0 Å². The average Bonchev–Trinajstić information content (AvgIpc) is 2.75. The molecular weight excluding hydrogens is 216 g/mol. The normalized spacial score (nSPS) is 24.6. The maximum Gasteiger partial charge on any atom is 0.222 e. The lowest BCUT2D eigenvalue weighted by molar-refractivity contribution is -0.133. The van der Waals surface area contributed by atoms with E-state index in [-0.39, 0.29) is 12.5 Å². The Labute approximate surface area is 103 Å². The third-order valence-electron chi connectivity index (χ3n) is 4.01. The SMILES string of the molecule is O=C(CC1CCC1)N(CCO)CC1CCCN1. The molecule has 0 aromatic carbocycles. The lowest BCUT2D eigenvalue weighted by atomic mass is 9.82. The lowest BCUT2D eigenvalue weighted by Crippen LogP contribution is -2.43. The van der Waals surface area contributed by atoms with Crippen LogP contribution >= 0.6 is 0 Å². The molecule has 17 heavy (non-hydrogen) atoms. The summed E-state index contributed by atoms with van der Waals surface area (Å²) in [4.78, 5) is 14.0. The van der Waals surface area contributed by atoms with Gasteiger partial charge < -0.3 is 15.3 Å². The van der Waals surface area contributed by atoms with Crippen LogP contribution in [-0.4, -0.2) is 48.2 Å². The van der Waals surface area contributed by atoms with E-state index in [2.05, 4.69) is 5.32 Å². The van der Waals surface area contributed by atoms with Crippen LogP contribution in [0, 0.1) is 5.92 Å². The van der Waals surface area contributed by atoms with Gasteiger partial charge in [-0.05, 0) is 38.1 Å². The lowest BCUT2D eigenvalue weighted by Gasteiger charge is -2.30. The van der Waals surface area contributed by atoms with Crippen molar-refractivity contribution in [2.75, 3.05) is 26.2 Å². The van der Waals surface area contributed by atoms with E-state index < -0.39 is 0 Å². The highest BCUT2D eigenvalue weighted by Crippen LogP contribution is 2.29. The van der Waals surface area contributed by atoms with Crippen molar-refractivity contribution in [3.05, 3.63) is 0 Å². The summed E-state index contributed by atoms with van der Waals surface area (Å²) in [6.45, 7) is 2.40. The van der Waals surface area contributed by atoms with E-state index in [0.717, 1.165) is 19.5 Å². The van der Waals surface area contributed by atoms with Crippen LogP contribution in [0.4, 0.5) is 0 Å². The van der Waals surface area contributed by atoms with Gasteiger partial charge in [-0.1, -0.05) is 6.42 Å². The van der Waals surface area contributed by atoms with Crippen LogP contribution < -0.4 is 5.32 Å². The molecule has 1 atom stereocenters. The summed E-state index contributed by atoms with van der Waals surface area (Å²) in [5.41, 5.74) is 0. The van der Waals surface area contributed by atoms with Gasteiger partial charge >= 0.3 is 0 Å². The minimum Gasteiger partial charge on any atom is -0.395 e. The molecule has 0 spiro atoms. The zero-order valence-electron chi connectivity index (χ0n) is 10.5. The molecule has 2 N–H and O–H groups in total. The van der Waals surface area contributed by atoms with Crippen molar-refractivity contribution in [2.24, 2.45) is 5.92 Å². The van der Waals surface area contributed by atoms with E-state index in [0.29, 0.717) is 24.9 Å². The molecule has 0 bridgehead atoms. The van der Waals surface area contributed by atoms with Crippen molar-refractivity contribution < 1.29 is 9.90 Å². The fourth-order valence-electron chi connectivity index (χ4n) is 2.69. The predicted octanol–water partition coefficient (Wildman–Crippen LogP) is 0.750. The first kappa shape index (κ1) is 12.8. The van der Waals surface area contributed by atoms with Crippen LogP contribution in [0.15, 0.2) is 0 Å². The molecule has 1 amide bonds. The number of aliphatic hydroxyl groups is 1. The van der Waals surface area contributed by atoms with Gasteiger partial charge in [0.1, 0.15) is 0 Å². The van der Waals surface area contributed by atoms with E-state index in [4.69, 9.17) is 5.11 Å². The van der Waals surface area contributed by atoms with Gasteiger partial charge in [-0.25, -0.2) is 0 Å². The van der Waals surface area contributed by atoms with Crippen molar-refractivity contribution in [1.29, 1.82) is 0 Å². The smallest absolute Gasteiger partial charge is 0.222 e. The number of nitrogens with zero attached hydrogens (tertiary/aromatic N) is 1. The number of carbonyl (C=O) groups excluding carboxylic acids is 1. The Morgan fingerprint density at radius 3 is 2.65 bits per heavy atom. The number of carbonyl (C=O) groups is 1. The highest BCUT2D eigenvalue weighted by molar-refractivity contribution is 5.76. The Hall–Kier alpha value is -0.610. The quantitative estimate of drug-likeness (QED) is 0.720. The van der Waals surface area contributed by atoms with Crippen molar-refractivity contribution in [2.45, 2.75) is 44.6 Å². The summed E-state index contributed by atoms with van der Waals surface area (Å²) >= 11 is 0. The molecule has 1 aliphatic heterocycles. The summed E-state index contributed by atoms with van der Waals surface area (Å²) in [7, 11) is 0. The van der Waals surface area contributed by atoms with Crippen LogP contribution in [0.25, 0.3) is 0 Å². The molecule has 0 radical (unpaired) electrons. The fraction of sp³-hybridized carbons (Fsp3) is 0.923. The van der Waals surface area contributed by atoms with E-state index in [9.17, 15) is 4.79 Å². The van der Waals surface area contributed by atoms with Gasteiger partial charge in [0.2, 0.25) is 5.91 Å². The second kappa shape index (κ2) is 6.36. The van der Waals surface area contributed by atoms with Gasteiger partial charge in [0.25, 0.3) is 0 Å². The minimum absolute atomic E-state index is 0.0725. The largest absolute Gasteiger partial charge is 0.395 e. The molecule has 4 nitrogen and oxygen atoms in total. The maximum absolute atomic E-state index is 12.1. The molecular formula is C13H24N2O2. The molecule has 1 aliphatic carbocycles. The number of nitrogens with one attached hydrogen (secondary N) is 1. The summed E-state index contributed by atoms with van der Waals surface area (Å²) < 4.78 is 0. The summed E-state index contributed by atoms with van der Waals surface area (Å²) in [6, 6.07) is 0.437. The van der Waals surface area contributed by atoms with Crippen LogP contribution in [-0.2, 0) is 4.79 Å². The van der Waals surface area contributed by atoms with Crippen LogP contribution in [0.2, 0.25) is 0 Å². The standard InChI is InChI=1S/C13H24N2O2/c16-8-7-15(10-12-5-2-6-14-12)13(17)9-11-3-1-4-11/h11-12,14,16H,1-10H2. The molecule has 2 aliphatic rings. The van der Waals surface area contributed by atoms with Gasteiger partial charge in [-0.2, -0.15) is 0 Å². The monoisotopic (exact) mass is 240 g/mol. The van der Waals surface area contributed by atoms with Crippen molar-refractivity contribution in [1.82, 2.24) is 10.2 Å². The van der Waals surface area contributed by atoms with Crippen LogP contribution in [0.3, 0.4) is 0 Å². The Balaban J connectivity index is 1.78. The number of amides is 1. The molecule has 2 rings (SSSR count). The molecule has 0 aromatic rings. The van der Waals surface area contributed by atoms with E-state index in [1.807, 2.05) is 4.90 Å². The van der Waals surface area contributed by atoms with Crippen LogP contribution in [0.5, 0.6) is 0 Å². The Kier molecular flexibility index (Phi) is 4.80. The highest BCUT2D eigenvalue weighted by Gasteiger charge is 2.25. The third kappa shape index (κ3) is 3.68. The highest BCUT2D eigenvalue weighted by atomic mass is 16.3. The molecule has 98 valence electrons. The molecule has 1 saturated carbocycles. The van der Waals surface area contributed by atoms with E-state index in [1.165, 1.54) is 25.7 Å². The molecule has 1 heterocycles. The minimum atomic E-state index is 0.0725. The summed E-state index contributed by atoms with van der Waals surface area (Å²) in [5, 5.41) is 12.5. The second-order valence-electron chi connectivity index (χ2n) is 5.36. The first-order valence-electron chi connectivity index (χ1n) is 6.91. The Bertz CT molecular complexity index is 248. The Morgan fingerprint density at radius 1 is 1.29 bits per heavy atom. The maximum atomic E-state index is 12.1. The van der Waals surface area contributed by atoms with Crippen molar-refractivity contribution >= 4 is 5.91 Å².